The van der Waals surface area contributed by atoms with Crippen molar-refractivity contribution in [3.05, 3.63) is 22.6 Å². The third-order valence-corrected chi connectivity index (χ3v) is 3.69. The number of halogens is 1. The molecule has 1 unspecified atom stereocenters. The number of amides is 1. The van der Waals surface area contributed by atoms with E-state index in [-0.39, 0.29) is 11.9 Å². The van der Waals surface area contributed by atoms with Crippen molar-refractivity contribution < 1.29 is 9.21 Å². The normalized spacial score (nSPS) is 12.4. The van der Waals surface area contributed by atoms with Gasteiger partial charge in [-0.3, -0.25) is 4.79 Å². The molecular weight excluding hydrogens is 290 g/mol. The third kappa shape index (κ3) is 4.22. The summed E-state index contributed by atoms with van der Waals surface area (Å²) in [5, 5.41) is 2.94. The molecular formula is C11H16BrNO2S. The maximum atomic E-state index is 11.8. The molecule has 0 aromatic carbocycles. The van der Waals surface area contributed by atoms with Gasteiger partial charge in [-0.25, -0.2) is 0 Å². The van der Waals surface area contributed by atoms with Crippen LogP contribution in [0.5, 0.6) is 0 Å². The molecule has 3 nitrogen and oxygen atoms in total. The highest BCUT2D eigenvalue weighted by Crippen LogP contribution is 2.17. The number of carbonyl (C=O) groups excluding carboxylic acids is 1. The Morgan fingerprint density at radius 3 is 3.00 bits per heavy atom. The monoisotopic (exact) mass is 305 g/mol. The molecule has 0 saturated carbocycles. The van der Waals surface area contributed by atoms with E-state index < -0.39 is 0 Å². The Balaban J connectivity index is 2.37. The number of carbonyl (C=O) groups is 1. The highest BCUT2D eigenvalue weighted by molar-refractivity contribution is 9.10. The van der Waals surface area contributed by atoms with Crippen LogP contribution in [0.1, 0.15) is 30.6 Å². The molecule has 0 fully saturated rings. The van der Waals surface area contributed by atoms with Crippen LogP contribution in [-0.4, -0.2) is 23.5 Å². The van der Waals surface area contributed by atoms with E-state index in [4.69, 9.17) is 4.42 Å². The molecule has 90 valence electrons. The molecule has 1 rings (SSSR count). The van der Waals surface area contributed by atoms with Crippen LogP contribution in [-0.2, 0) is 0 Å². The SMILES string of the molecule is CCSCCC(C)NC(=O)c1ccoc1Br. The maximum absolute atomic E-state index is 11.8. The van der Waals surface area contributed by atoms with E-state index >= 15 is 0 Å². The summed E-state index contributed by atoms with van der Waals surface area (Å²) < 4.78 is 5.50. The van der Waals surface area contributed by atoms with Crippen LogP contribution in [0.25, 0.3) is 0 Å². The van der Waals surface area contributed by atoms with Gasteiger partial charge in [0, 0.05) is 6.04 Å². The van der Waals surface area contributed by atoms with E-state index in [1.54, 1.807) is 6.07 Å². The van der Waals surface area contributed by atoms with Crippen LogP contribution in [0.4, 0.5) is 0 Å². The average Bonchev–Trinajstić information content (AvgIpc) is 2.65. The van der Waals surface area contributed by atoms with Gasteiger partial charge in [0.05, 0.1) is 11.8 Å². The van der Waals surface area contributed by atoms with Crippen molar-refractivity contribution in [1.82, 2.24) is 5.32 Å². The van der Waals surface area contributed by atoms with Gasteiger partial charge in [0.25, 0.3) is 5.91 Å². The van der Waals surface area contributed by atoms with E-state index in [1.165, 1.54) is 6.26 Å². The molecule has 1 heterocycles. The number of hydrogen-bond donors (Lipinski definition) is 1. The molecule has 1 aromatic heterocycles. The Labute approximate surface area is 108 Å². The van der Waals surface area contributed by atoms with Crippen LogP contribution < -0.4 is 5.32 Å². The summed E-state index contributed by atoms with van der Waals surface area (Å²) >= 11 is 5.07. The minimum absolute atomic E-state index is 0.0883. The molecule has 5 heteroatoms. The summed E-state index contributed by atoms with van der Waals surface area (Å²) in [7, 11) is 0. The second-order valence-electron chi connectivity index (χ2n) is 3.47. The summed E-state index contributed by atoms with van der Waals surface area (Å²) in [5.74, 6) is 2.10. The molecule has 0 radical (unpaired) electrons. The fraction of sp³-hybridized carbons (Fsp3) is 0.545. The number of nitrogens with one attached hydrogen (secondary N) is 1. The molecule has 1 atom stereocenters. The maximum Gasteiger partial charge on any atom is 0.255 e. The Morgan fingerprint density at radius 1 is 1.69 bits per heavy atom. The second-order valence-corrected chi connectivity index (χ2v) is 5.58. The summed E-state index contributed by atoms with van der Waals surface area (Å²) in [4.78, 5) is 11.8. The summed E-state index contributed by atoms with van der Waals surface area (Å²) in [6, 6.07) is 1.85. The topological polar surface area (TPSA) is 42.2 Å². The molecule has 16 heavy (non-hydrogen) atoms. The van der Waals surface area contributed by atoms with Crippen molar-refractivity contribution in [2.45, 2.75) is 26.3 Å². The average molecular weight is 306 g/mol. The predicted octanol–water partition coefficient (Wildman–Crippen LogP) is 3.30. The zero-order valence-electron chi connectivity index (χ0n) is 9.46. The highest BCUT2D eigenvalue weighted by atomic mass is 79.9. The van der Waals surface area contributed by atoms with E-state index in [9.17, 15) is 4.79 Å². The van der Waals surface area contributed by atoms with Crippen molar-refractivity contribution in [2.75, 3.05) is 11.5 Å². The van der Waals surface area contributed by atoms with Crippen LogP contribution in [0, 0.1) is 0 Å². The first-order valence-corrected chi connectivity index (χ1v) is 7.21. The molecule has 0 saturated heterocycles. The van der Waals surface area contributed by atoms with Gasteiger partial charge in [0.2, 0.25) is 0 Å². The third-order valence-electron chi connectivity index (χ3n) is 2.14. The largest absolute Gasteiger partial charge is 0.457 e. The van der Waals surface area contributed by atoms with Gasteiger partial charge in [-0.05, 0) is 46.8 Å². The predicted molar refractivity (Wildman–Crippen MR) is 71.0 cm³/mol. The number of rotatable bonds is 6. The smallest absolute Gasteiger partial charge is 0.255 e. The number of hydrogen-bond acceptors (Lipinski definition) is 3. The van der Waals surface area contributed by atoms with Crippen LogP contribution in [0.3, 0.4) is 0 Å². The zero-order valence-corrected chi connectivity index (χ0v) is 11.9. The van der Waals surface area contributed by atoms with E-state index in [0.29, 0.717) is 10.2 Å². The van der Waals surface area contributed by atoms with Gasteiger partial charge in [0.1, 0.15) is 0 Å². The lowest BCUT2D eigenvalue weighted by atomic mass is 10.2. The van der Waals surface area contributed by atoms with Crippen molar-refractivity contribution in [3.63, 3.8) is 0 Å². The van der Waals surface area contributed by atoms with E-state index in [2.05, 4.69) is 28.2 Å². The lowest BCUT2D eigenvalue weighted by Gasteiger charge is -2.12. The van der Waals surface area contributed by atoms with E-state index in [0.717, 1.165) is 17.9 Å². The fourth-order valence-electron chi connectivity index (χ4n) is 1.23. The Hall–Kier alpha value is -0.420. The Bertz CT molecular complexity index is 340. The molecule has 0 spiro atoms. The minimum Gasteiger partial charge on any atom is -0.457 e. The van der Waals surface area contributed by atoms with Gasteiger partial charge in [-0.1, -0.05) is 6.92 Å². The first-order valence-electron chi connectivity index (χ1n) is 5.26. The highest BCUT2D eigenvalue weighted by Gasteiger charge is 2.14. The molecule has 0 bridgehead atoms. The van der Waals surface area contributed by atoms with Crippen molar-refractivity contribution >= 4 is 33.6 Å². The minimum atomic E-state index is -0.0883. The number of thioether (sulfide) groups is 1. The van der Waals surface area contributed by atoms with Gasteiger partial charge in [-0.2, -0.15) is 11.8 Å². The van der Waals surface area contributed by atoms with Crippen LogP contribution >= 0.6 is 27.7 Å². The molecule has 1 aromatic rings. The standard InChI is InChI=1S/C11H16BrNO2S/c1-3-16-7-5-8(2)13-11(14)9-4-6-15-10(9)12/h4,6,8H,3,5,7H2,1-2H3,(H,13,14). The first kappa shape index (κ1) is 13.6. The molecule has 1 amide bonds. The lowest BCUT2D eigenvalue weighted by molar-refractivity contribution is 0.0938. The molecule has 0 aliphatic carbocycles. The Morgan fingerprint density at radius 2 is 2.44 bits per heavy atom. The van der Waals surface area contributed by atoms with Crippen LogP contribution in [0.15, 0.2) is 21.4 Å². The zero-order chi connectivity index (χ0) is 12.0. The summed E-state index contributed by atoms with van der Waals surface area (Å²) in [5.41, 5.74) is 0.551. The van der Waals surface area contributed by atoms with Gasteiger partial charge in [0.15, 0.2) is 4.67 Å². The molecule has 0 aliphatic rings. The van der Waals surface area contributed by atoms with Crippen LogP contribution in [0.2, 0.25) is 0 Å². The van der Waals surface area contributed by atoms with Gasteiger partial charge in [-0.15, -0.1) is 0 Å². The van der Waals surface area contributed by atoms with E-state index in [1.807, 2.05) is 18.7 Å². The number of furan rings is 1. The molecule has 0 aliphatic heterocycles. The van der Waals surface area contributed by atoms with Gasteiger partial charge >= 0.3 is 0 Å². The Kier molecular flexibility index (Phi) is 5.98. The van der Waals surface area contributed by atoms with Gasteiger partial charge < -0.3 is 9.73 Å². The first-order chi connectivity index (χ1) is 7.65. The quantitative estimate of drug-likeness (QED) is 0.820. The summed E-state index contributed by atoms with van der Waals surface area (Å²) in [6.07, 6.45) is 2.48. The van der Waals surface area contributed by atoms with Crippen molar-refractivity contribution in [1.29, 1.82) is 0 Å². The molecule has 1 N–H and O–H groups in total. The van der Waals surface area contributed by atoms with Crippen molar-refractivity contribution in [3.8, 4) is 0 Å². The van der Waals surface area contributed by atoms with Crippen molar-refractivity contribution in [2.24, 2.45) is 0 Å². The summed E-state index contributed by atoms with van der Waals surface area (Å²) in [6.45, 7) is 4.15. The second kappa shape index (κ2) is 7.01. The fourth-order valence-corrected chi connectivity index (χ4v) is 2.46. The lowest BCUT2D eigenvalue weighted by Crippen LogP contribution is -2.32.